The van der Waals surface area contributed by atoms with Gasteiger partial charge in [-0.25, -0.2) is 0 Å². The molecule has 38 heavy (non-hydrogen) atoms. The molecule has 6 nitrogen and oxygen atoms in total. The van der Waals surface area contributed by atoms with Crippen molar-refractivity contribution in [2.24, 2.45) is 0 Å². The van der Waals surface area contributed by atoms with Crippen LogP contribution in [0.4, 0.5) is 0 Å². The van der Waals surface area contributed by atoms with E-state index < -0.39 is 0 Å². The molecule has 0 unspecified atom stereocenters. The lowest BCUT2D eigenvalue weighted by Gasteiger charge is -2.11. The van der Waals surface area contributed by atoms with Gasteiger partial charge in [0.05, 0.1) is 46.5 Å². The predicted molar refractivity (Wildman–Crippen MR) is 139 cm³/mol. The van der Waals surface area contributed by atoms with Crippen molar-refractivity contribution in [3.8, 4) is 69.8 Å². The molecular weight excluding hydrogens is 468 g/mol. The number of benzene rings is 4. The molecule has 0 bridgehead atoms. The zero-order valence-electron chi connectivity index (χ0n) is 19.6. The summed E-state index contributed by atoms with van der Waals surface area (Å²) < 4.78 is 0. The summed E-state index contributed by atoms with van der Waals surface area (Å²) in [6.45, 7) is 0. The van der Waals surface area contributed by atoms with Crippen LogP contribution in [0.25, 0.3) is 39.0 Å². The molecule has 4 aromatic rings. The Balaban J connectivity index is 1.89. The van der Waals surface area contributed by atoms with Gasteiger partial charge in [0.1, 0.15) is 17.7 Å². The van der Waals surface area contributed by atoms with Gasteiger partial charge in [-0.15, -0.1) is 0 Å². The summed E-state index contributed by atoms with van der Waals surface area (Å²) in [5.74, 6) is 0. The van der Waals surface area contributed by atoms with Gasteiger partial charge in [-0.3, -0.25) is 0 Å². The Labute approximate surface area is 218 Å². The van der Waals surface area contributed by atoms with Gasteiger partial charge in [0.15, 0.2) is 0 Å². The van der Waals surface area contributed by atoms with Gasteiger partial charge in [0, 0.05) is 27.8 Å². The molecule has 0 atom stereocenters. The van der Waals surface area contributed by atoms with E-state index in [-0.39, 0.29) is 5.57 Å². The second kappa shape index (κ2) is 9.31. The number of allylic oxidation sites excluding steroid dienone is 1. The lowest BCUT2D eigenvalue weighted by atomic mass is 9.90. The van der Waals surface area contributed by atoms with E-state index in [2.05, 4.69) is 24.3 Å². The number of fused-ring (bicyclic) bond motifs is 3. The highest BCUT2D eigenvalue weighted by Crippen LogP contribution is 2.50. The molecule has 0 saturated carbocycles. The first-order valence-electron chi connectivity index (χ1n) is 11.3. The summed E-state index contributed by atoms with van der Waals surface area (Å²) in [4.78, 5) is 0. The topological polar surface area (TPSA) is 143 Å². The normalized spacial score (nSPS) is 10.4. The maximum Gasteiger partial charge on any atom is 0.138 e. The van der Waals surface area contributed by atoms with Crippen LogP contribution in [0.5, 0.6) is 0 Å². The minimum atomic E-state index is -0.126. The zero-order valence-corrected chi connectivity index (χ0v) is 19.6. The number of rotatable bonds is 2. The molecule has 0 aromatic heterocycles. The van der Waals surface area contributed by atoms with Gasteiger partial charge < -0.3 is 0 Å². The summed E-state index contributed by atoms with van der Waals surface area (Å²) in [7, 11) is 0. The molecule has 5 rings (SSSR count). The van der Waals surface area contributed by atoms with E-state index in [1.807, 2.05) is 12.1 Å². The molecule has 0 heterocycles. The van der Waals surface area contributed by atoms with E-state index in [0.29, 0.717) is 72.3 Å². The van der Waals surface area contributed by atoms with Crippen LogP contribution in [0.3, 0.4) is 0 Å². The van der Waals surface area contributed by atoms with Gasteiger partial charge in [0.25, 0.3) is 0 Å². The fraction of sp³-hybridized carbons (Fsp3) is 0. The van der Waals surface area contributed by atoms with Crippen molar-refractivity contribution < 1.29 is 0 Å². The molecule has 4 aromatic carbocycles. The number of nitriles is 6. The fourth-order valence-electron chi connectivity index (χ4n) is 4.87. The molecule has 0 spiro atoms. The van der Waals surface area contributed by atoms with Gasteiger partial charge in [-0.1, -0.05) is 36.4 Å². The van der Waals surface area contributed by atoms with E-state index in [9.17, 15) is 31.6 Å². The number of nitrogens with zero attached hydrogens (tertiary/aromatic N) is 6. The SMILES string of the molecule is N#CC(C#N)=C1c2cc(-c3ccccc3C#N)c(C#N)cc2-c2cc(C#N)c(-c3ccccc3C#N)cc21. The van der Waals surface area contributed by atoms with Crippen LogP contribution in [0.15, 0.2) is 78.4 Å². The third kappa shape index (κ3) is 3.45. The van der Waals surface area contributed by atoms with Crippen molar-refractivity contribution >= 4 is 5.57 Å². The van der Waals surface area contributed by atoms with Crippen molar-refractivity contribution in [1.29, 1.82) is 31.6 Å². The van der Waals surface area contributed by atoms with Gasteiger partial charge in [-0.05, 0) is 58.7 Å². The van der Waals surface area contributed by atoms with Gasteiger partial charge >= 0.3 is 0 Å². The number of hydrogen-bond acceptors (Lipinski definition) is 6. The number of hydrogen-bond donors (Lipinski definition) is 0. The smallest absolute Gasteiger partial charge is 0.138 e. The lowest BCUT2D eigenvalue weighted by Crippen LogP contribution is -1.93. The monoisotopic (exact) mass is 480 g/mol. The summed E-state index contributed by atoms with van der Waals surface area (Å²) >= 11 is 0. The highest BCUT2D eigenvalue weighted by molar-refractivity contribution is 6.07. The van der Waals surface area contributed by atoms with Crippen molar-refractivity contribution in [2.45, 2.75) is 0 Å². The first-order chi connectivity index (χ1) is 18.6. The van der Waals surface area contributed by atoms with Crippen molar-refractivity contribution in [1.82, 2.24) is 0 Å². The molecule has 6 heteroatoms. The van der Waals surface area contributed by atoms with Gasteiger partial charge in [-0.2, -0.15) is 31.6 Å². The Bertz CT molecular complexity index is 1840. The summed E-state index contributed by atoms with van der Waals surface area (Å²) in [5, 5.41) is 59.0. The van der Waals surface area contributed by atoms with E-state index in [0.717, 1.165) is 0 Å². The predicted octanol–water partition coefficient (Wildman–Crippen LogP) is 6.34. The third-order valence-electron chi connectivity index (χ3n) is 6.53. The largest absolute Gasteiger partial charge is 0.192 e. The van der Waals surface area contributed by atoms with Crippen LogP contribution in [0.1, 0.15) is 33.4 Å². The summed E-state index contributed by atoms with van der Waals surface area (Å²) in [6, 6.07) is 33.2. The molecule has 0 aliphatic heterocycles. The minimum Gasteiger partial charge on any atom is -0.192 e. The van der Waals surface area contributed by atoms with Crippen LogP contribution in [-0.4, -0.2) is 0 Å². The summed E-state index contributed by atoms with van der Waals surface area (Å²) in [5.41, 5.74) is 6.05. The van der Waals surface area contributed by atoms with E-state index in [1.54, 1.807) is 72.8 Å². The van der Waals surface area contributed by atoms with E-state index >= 15 is 0 Å². The fourth-order valence-corrected chi connectivity index (χ4v) is 4.87. The van der Waals surface area contributed by atoms with Crippen LogP contribution in [0.2, 0.25) is 0 Å². The van der Waals surface area contributed by atoms with Crippen LogP contribution >= 0.6 is 0 Å². The molecular formula is C32H12N6. The average molecular weight is 480 g/mol. The van der Waals surface area contributed by atoms with Crippen molar-refractivity contribution in [3.63, 3.8) is 0 Å². The Morgan fingerprint density at radius 3 is 1.16 bits per heavy atom. The Morgan fingerprint density at radius 2 is 0.789 bits per heavy atom. The second-order valence-electron chi connectivity index (χ2n) is 8.40. The quantitative estimate of drug-likeness (QED) is 0.270. The zero-order chi connectivity index (χ0) is 26.8. The second-order valence-corrected chi connectivity index (χ2v) is 8.40. The molecule has 170 valence electrons. The highest BCUT2D eigenvalue weighted by Gasteiger charge is 2.30. The van der Waals surface area contributed by atoms with Crippen molar-refractivity contribution in [3.05, 3.63) is 112 Å². The van der Waals surface area contributed by atoms with Crippen LogP contribution in [-0.2, 0) is 0 Å². The molecule has 0 saturated heterocycles. The van der Waals surface area contributed by atoms with Crippen molar-refractivity contribution in [2.75, 3.05) is 0 Å². The Morgan fingerprint density at radius 1 is 0.395 bits per heavy atom. The first-order valence-corrected chi connectivity index (χ1v) is 11.3. The molecule has 0 amide bonds. The first kappa shape index (κ1) is 23.3. The highest BCUT2D eigenvalue weighted by atomic mass is 14.4. The van der Waals surface area contributed by atoms with E-state index in [1.165, 1.54) is 0 Å². The maximum absolute atomic E-state index is 10.0. The van der Waals surface area contributed by atoms with Gasteiger partial charge in [0.2, 0.25) is 0 Å². The maximum atomic E-state index is 10.0. The molecule has 0 radical (unpaired) electrons. The lowest BCUT2D eigenvalue weighted by molar-refractivity contribution is 1.44. The van der Waals surface area contributed by atoms with E-state index in [4.69, 9.17) is 0 Å². The third-order valence-corrected chi connectivity index (χ3v) is 6.53. The molecule has 0 fully saturated rings. The minimum absolute atomic E-state index is 0.126. The molecule has 1 aliphatic carbocycles. The Hall–Kier alpha value is -6.44. The summed E-state index contributed by atoms with van der Waals surface area (Å²) in [6.07, 6.45) is 0. The van der Waals surface area contributed by atoms with Crippen LogP contribution in [0, 0.1) is 68.0 Å². The molecule has 0 N–H and O–H groups in total. The Kier molecular flexibility index (Phi) is 5.71. The standard InChI is InChI=1S/C32H12N6/c33-13-19-5-1-3-7-24(19)26-11-30-28(9-21(26)15-35)29-10-22(16-36)27(25-8-4-2-6-20(25)14-34)12-31(29)32(30)23(17-37)18-38/h1-12H. The average Bonchev–Trinajstić information content (AvgIpc) is 3.28. The van der Waals surface area contributed by atoms with Crippen LogP contribution < -0.4 is 0 Å². The molecule has 1 aliphatic rings.